The first kappa shape index (κ1) is 55.6. The van der Waals surface area contributed by atoms with Gasteiger partial charge in [0.15, 0.2) is 24.0 Å². The molecule has 0 aromatic carbocycles. The molecule has 3 saturated heterocycles. The van der Waals surface area contributed by atoms with E-state index in [-0.39, 0.29) is 40.5 Å². The second-order valence-electron chi connectivity index (χ2n) is 16.7. The topological polar surface area (TPSA) is 507 Å². The third-order valence-corrected chi connectivity index (χ3v) is 17.1. The molecule has 40 heteroatoms. The number of hydrogen-bond donors (Lipinski definition) is 11. The van der Waals surface area contributed by atoms with E-state index in [1.165, 1.54) is 40.5 Å². The highest BCUT2D eigenvalue weighted by molar-refractivity contribution is 7.66. The fourth-order valence-electron chi connectivity index (χ4n) is 8.65. The van der Waals surface area contributed by atoms with E-state index in [0.29, 0.717) is 0 Å². The van der Waals surface area contributed by atoms with Crippen LogP contribution in [0.5, 0.6) is 0 Å². The molecule has 0 bridgehead atoms. The summed E-state index contributed by atoms with van der Waals surface area (Å²) >= 11 is 0. The molecule has 0 spiro atoms. The monoisotopic (exact) mass is 1130 g/mol. The van der Waals surface area contributed by atoms with Crippen molar-refractivity contribution in [3.05, 3.63) is 62.4 Å². The van der Waals surface area contributed by atoms with E-state index in [4.69, 9.17) is 48.5 Å². The normalized spacial score (nSPS) is 30.6. The summed E-state index contributed by atoms with van der Waals surface area (Å²) in [6, 6.07) is 0.932. The molecule has 74 heavy (non-hydrogen) atoms. The lowest BCUT2D eigenvalue weighted by Crippen LogP contribution is -2.45. The molecule has 3 fully saturated rings. The van der Waals surface area contributed by atoms with Crippen LogP contribution >= 0.6 is 31.3 Å². The molecule has 8 rings (SSSR count). The number of nitrogens with zero attached hydrogens (tertiary/aromatic N) is 8. The Balaban J connectivity index is 0.946. The van der Waals surface area contributed by atoms with Crippen molar-refractivity contribution in [1.82, 2.24) is 43.6 Å². The van der Waals surface area contributed by atoms with Crippen molar-refractivity contribution in [2.24, 2.45) is 18.9 Å². The second kappa shape index (κ2) is 21.4. The van der Waals surface area contributed by atoms with Gasteiger partial charge >= 0.3 is 42.6 Å². The van der Waals surface area contributed by atoms with Gasteiger partial charge in [-0.25, -0.2) is 42.6 Å². The minimum Gasteiger partial charge on any atom is -0.387 e. The number of fused-ring (bicyclic) bond motifs is 2. The molecule has 16 atom stereocenters. The molecule has 4 unspecified atom stereocenters. The van der Waals surface area contributed by atoms with Gasteiger partial charge in [0.05, 0.1) is 51.8 Å². The SMILES string of the molecule is CC[C@H]1[C@@H](O)[C@H]([n+]2cn(C)c3c(=O)[nH]c(N)nc32)O[C@@H]1COP(=O)(O)OP(=O)(O)OP(=O)(O)OC[C@H]1O[C@@H](n2cnc3c(N)ncnc32)[C@H](COC)[C@@H]1OP(=O)(O)OC[C@H]1O[C@@H](n2ccc(=O)[nH]c2=O)[C@H](O)[C@@H]1O. The number of H-pyrrole nitrogens is 2. The molecular formula is C34H49N12O24P4+. The Labute approximate surface area is 412 Å². The molecule has 36 nitrogen and oxygen atoms in total. The minimum atomic E-state index is -6.15. The lowest BCUT2D eigenvalue weighted by molar-refractivity contribution is -0.745. The lowest BCUT2D eigenvalue weighted by atomic mass is 9.95. The number of aliphatic hydroxyl groups excluding tert-OH is 3. The highest BCUT2D eigenvalue weighted by Crippen LogP contribution is 2.68. The molecule has 0 aliphatic carbocycles. The van der Waals surface area contributed by atoms with Crippen LogP contribution in [-0.4, -0.2) is 155 Å². The van der Waals surface area contributed by atoms with Gasteiger partial charge in [0, 0.05) is 25.3 Å². The van der Waals surface area contributed by atoms with E-state index in [9.17, 15) is 67.5 Å². The lowest BCUT2D eigenvalue weighted by Gasteiger charge is -2.26. The molecule has 3 aliphatic heterocycles. The molecule has 408 valence electrons. The fourth-order valence-corrected chi connectivity index (χ4v) is 13.2. The summed E-state index contributed by atoms with van der Waals surface area (Å²) in [4.78, 5) is 99.7. The number of anilines is 2. The van der Waals surface area contributed by atoms with Crippen LogP contribution in [-0.2, 0) is 71.0 Å². The number of ether oxygens (including phenoxy) is 4. The average molecular weight is 1130 g/mol. The molecule has 5 aromatic rings. The Morgan fingerprint density at radius 3 is 2.08 bits per heavy atom. The van der Waals surface area contributed by atoms with Crippen LogP contribution in [0.2, 0.25) is 0 Å². The molecular weight excluding hydrogens is 1080 g/mol. The zero-order valence-corrected chi connectivity index (χ0v) is 42.0. The summed E-state index contributed by atoms with van der Waals surface area (Å²) in [6.45, 7) is -1.85. The van der Waals surface area contributed by atoms with Crippen LogP contribution in [0.1, 0.15) is 32.0 Å². The summed E-state index contributed by atoms with van der Waals surface area (Å²) in [7, 11) is -20.5. The number of aromatic nitrogens is 10. The number of hydrogen-bond acceptors (Lipinski definition) is 26. The van der Waals surface area contributed by atoms with Gasteiger partial charge in [0.25, 0.3) is 17.1 Å². The smallest absolute Gasteiger partial charge is 0.387 e. The number of phosphoric ester groups is 3. The van der Waals surface area contributed by atoms with Crippen LogP contribution in [0, 0.1) is 11.8 Å². The highest BCUT2D eigenvalue weighted by Gasteiger charge is 2.53. The number of nitrogens with two attached hydrogens (primary N) is 2. The number of rotatable bonds is 21. The predicted octanol–water partition coefficient (Wildman–Crippen LogP) is -2.96. The standard InChI is InChI=1S/C34H48N12O24P4/c1-4-14-16(65-31(22(14)48)46-13-43(2)21-28(46)41-33(36)42-29(21)51)8-63-72(55,56)69-74(59,60)70-73(57,58)64-10-18-25(15(7-61-3)30(67-18)45-12-39-20-26(35)37-11-38-27(20)45)68-71(53,54)62-9-17-23(49)24(50)32(66-17)44-6-5-19(47)40-34(44)52/h5-6,11-18,22-25,30-32,48-50H,4,7-10H2,1-3H3,(H9-,35,36,37,38,40,41,42,47,51,52,53,54,55,56,57,58,59,60)/p+1/t14-,15-,16-,17-,18-,22-,23-,24-,25+,30-,31-,32-/m1/s1. The van der Waals surface area contributed by atoms with Crippen molar-refractivity contribution in [3.63, 3.8) is 0 Å². The average Bonchev–Trinajstić information content (AvgIpc) is 4.10. The van der Waals surface area contributed by atoms with E-state index in [1.807, 2.05) is 4.98 Å². The number of nitrogens with one attached hydrogen (secondary N) is 2. The molecule has 13 N–H and O–H groups in total. The van der Waals surface area contributed by atoms with Crippen molar-refractivity contribution >= 4 is 65.4 Å². The highest BCUT2D eigenvalue weighted by atomic mass is 31.3. The maximum absolute atomic E-state index is 13.7. The first-order valence-corrected chi connectivity index (χ1v) is 27.6. The summed E-state index contributed by atoms with van der Waals surface area (Å²) in [6.07, 6.45) is -10.8. The Bertz CT molecular complexity index is 3260. The Kier molecular flexibility index (Phi) is 16.1. The second-order valence-corrected chi connectivity index (χ2v) is 22.8. The fraction of sp³-hybridized carbons (Fsp3) is 0.588. The van der Waals surface area contributed by atoms with Crippen molar-refractivity contribution < 1.29 is 103 Å². The van der Waals surface area contributed by atoms with Crippen LogP contribution in [0.15, 0.2) is 45.6 Å². The quantitative estimate of drug-likeness (QED) is 0.0258. The van der Waals surface area contributed by atoms with Crippen LogP contribution in [0.25, 0.3) is 22.3 Å². The van der Waals surface area contributed by atoms with Crippen LogP contribution in [0.3, 0.4) is 0 Å². The maximum atomic E-state index is 13.7. The number of phosphoric acid groups is 4. The summed E-state index contributed by atoms with van der Waals surface area (Å²) in [5.74, 6) is -2.38. The molecule has 3 aliphatic rings. The summed E-state index contributed by atoms with van der Waals surface area (Å²) in [5, 5.41) is 32.5. The number of methoxy groups -OCH3 is 1. The van der Waals surface area contributed by atoms with Gasteiger partial charge in [-0.3, -0.25) is 51.4 Å². The van der Waals surface area contributed by atoms with Crippen molar-refractivity contribution in [3.8, 4) is 0 Å². The van der Waals surface area contributed by atoms with Crippen molar-refractivity contribution in [1.29, 1.82) is 0 Å². The van der Waals surface area contributed by atoms with E-state index in [1.54, 1.807) is 6.92 Å². The van der Waals surface area contributed by atoms with Gasteiger partial charge in [-0.2, -0.15) is 8.62 Å². The van der Waals surface area contributed by atoms with E-state index < -0.39 is 148 Å². The van der Waals surface area contributed by atoms with Gasteiger partial charge in [-0.1, -0.05) is 11.9 Å². The van der Waals surface area contributed by atoms with Crippen LogP contribution < -0.4 is 32.8 Å². The van der Waals surface area contributed by atoms with Gasteiger partial charge in [0.1, 0.15) is 54.7 Å². The largest absolute Gasteiger partial charge is 0.490 e. The summed E-state index contributed by atoms with van der Waals surface area (Å²) < 4.78 is 110. The van der Waals surface area contributed by atoms with Gasteiger partial charge in [-0.05, 0) is 6.42 Å². The number of imidazole rings is 2. The Hall–Kier alpha value is -4.58. The van der Waals surface area contributed by atoms with Crippen molar-refractivity contribution in [2.75, 3.05) is 45.0 Å². The number of aryl methyl sites for hydroxylation is 1. The maximum Gasteiger partial charge on any atom is 0.490 e. The van der Waals surface area contributed by atoms with Crippen LogP contribution in [0.4, 0.5) is 11.8 Å². The Morgan fingerprint density at radius 2 is 1.42 bits per heavy atom. The molecule has 0 radical (unpaired) electrons. The zero-order chi connectivity index (χ0) is 53.8. The van der Waals surface area contributed by atoms with Gasteiger partial charge < -0.3 is 65.3 Å². The van der Waals surface area contributed by atoms with E-state index in [2.05, 4.69) is 33.5 Å². The third-order valence-electron chi connectivity index (χ3n) is 11.9. The zero-order valence-electron chi connectivity index (χ0n) is 38.4. The van der Waals surface area contributed by atoms with Crippen molar-refractivity contribution in [2.45, 2.75) is 74.8 Å². The number of aliphatic hydroxyl groups is 3. The molecule has 0 amide bonds. The Morgan fingerprint density at radius 1 is 0.770 bits per heavy atom. The molecule has 5 aromatic heterocycles. The van der Waals surface area contributed by atoms with E-state index >= 15 is 0 Å². The predicted molar refractivity (Wildman–Crippen MR) is 240 cm³/mol. The number of aromatic amines is 2. The third kappa shape index (κ3) is 11.7. The first-order valence-electron chi connectivity index (χ1n) is 21.6. The number of nitrogen functional groups attached to an aromatic ring is 2. The van der Waals surface area contributed by atoms with Gasteiger partial charge in [0.2, 0.25) is 11.7 Å². The summed E-state index contributed by atoms with van der Waals surface area (Å²) in [5.41, 5.74) is 9.48. The molecule has 0 saturated carbocycles. The van der Waals surface area contributed by atoms with Gasteiger partial charge in [-0.15, -0.1) is 0 Å². The minimum absolute atomic E-state index is 0.0155. The first-order chi connectivity index (χ1) is 34.7. The van der Waals surface area contributed by atoms with E-state index in [0.717, 1.165) is 23.2 Å². The molecule has 8 heterocycles.